The number of ether oxygens (including phenoxy) is 1. The number of hydrogen-bond acceptors (Lipinski definition) is 8. The van der Waals surface area contributed by atoms with Gasteiger partial charge >= 0.3 is 13.1 Å². The Morgan fingerprint density at radius 3 is 2.52 bits per heavy atom. The molecule has 0 aromatic heterocycles. The summed E-state index contributed by atoms with van der Waals surface area (Å²) in [5.74, 6) is -2.24. The van der Waals surface area contributed by atoms with Gasteiger partial charge in [-0.2, -0.15) is 0 Å². The van der Waals surface area contributed by atoms with Gasteiger partial charge in [0.05, 0.1) is 19.1 Å². The van der Waals surface area contributed by atoms with Crippen molar-refractivity contribution < 1.29 is 39.4 Å². The van der Waals surface area contributed by atoms with Crippen molar-refractivity contribution in [3.05, 3.63) is 23.3 Å². The van der Waals surface area contributed by atoms with E-state index in [1.54, 1.807) is 0 Å². The van der Waals surface area contributed by atoms with Crippen molar-refractivity contribution in [2.75, 3.05) is 13.1 Å². The summed E-state index contributed by atoms with van der Waals surface area (Å²) in [6.45, 7) is 1.88. The number of carboxylic acids is 1. The van der Waals surface area contributed by atoms with Crippen molar-refractivity contribution in [1.82, 2.24) is 4.90 Å². The van der Waals surface area contributed by atoms with E-state index in [0.29, 0.717) is 0 Å². The average Bonchev–Trinajstić information content (AvgIpc) is 2.60. The Morgan fingerprint density at radius 2 is 1.97 bits per heavy atom. The van der Waals surface area contributed by atoms with E-state index in [2.05, 4.69) is 0 Å². The maximum absolute atomic E-state index is 12.1. The topological polar surface area (TPSA) is 171 Å². The zero-order valence-corrected chi connectivity index (χ0v) is 16.1. The molecule has 1 aromatic carbocycles. The molecule has 0 bridgehead atoms. The number of aryl methyl sites for hydroxylation is 1. The van der Waals surface area contributed by atoms with Crippen LogP contribution in [0.25, 0.3) is 0 Å². The molecule has 1 aliphatic rings. The molecule has 1 saturated heterocycles. The summed E-state index contributed by atoms with van der Waals surface area (Å²) in [4.78, 5) is 36.3. The number of nitrogens with zero attached hydrogens (tertiary/aromatic N) is 1. The van der Waals surface area contributed by atoms with Crippen molar-refractivity contribution >= 4 is 24.8 Å². The van der Waals surface area contributed by atoms with E-state index in [1.807, 2.05) is 0 Å². The number of benzene rings is 1. The quantitative estimate of drug-likeness (QED) is 0.317. The molecule has 0 saturated carbocycles. The first-order valence-corrected chi connectivity index (χ1v) is 9.24. The van der Waals surface area contributed by atoms with Gasteiger partial charge in [0.25, 0.3) is 0 Å². The van der Waals surface area contributed by atoms with Crippen LogP contribution in [0.3, 0.4) is 0 Å². The number of nitrogens with two attached hydrogens (primary N) is 1. The second kappa shape index (κ2) is 9.72. The van der Waals surface area contributed by atoms with E-state index in [1.165, 1.54) is 24.0 Å². The molecule has 0 aliphatic carbocycles. The van der Waals surface area contributed by atoms with Crippen molar-refractivity contribution in [3.63, 3.8) is 0 Å². The van der Waals surface area contributed by atoms with Gasteiger partial charge in [-0.05, 0) is 37.7 Å². The molecule has 0 radical (unpaired) electrons. The first-order chi connectivity index (χ1) is 13.6. The summed E-state index contributed by atoms with van der Waals surface area (Å²) in [5.41, 5.74) is 5.46. The molecule has 1 atom stereocenters. The monoisotopic (exact) mass is 408 g/mol. The molecule has 0 unspecified atom stereocenters. The Balaban J connectivity index is 1.96. The molecule has 1 aromatic rings. The fraction of sp³-hybridized carbons (Fsp3) is 0.500. The predicted molar refractivity (Wildman–Crippen MR) is 103 cm³/mol. The number of aromatic hydroxyl groups is 1. The molecular formula is C18H25BN2O8. The zero-order valence-electron chi connectivity index (χ0n) is 16.1. The van der Waals surface area contributed by atoms with Gasteiger partial charge in [-0.25, -0.2) is 4.79 Å². The van der Waals surface area contributed by atoms with E-state index < -0.39 is 36.5 Å². The molecule has 1 aliphatic heterocycles. The van der Waals surface area contributed by atoms with Crippen molar-refractivity contribution in [3.8, 4) is 11.5 Å². The van der Waals surface area contributed by atoms with Gasteiger partial charge in [-0.1, -0.05) is 6.07 Å². The van der Waals surface area contributed by atoms with Gasteiger partial charge < -0.3 is 35.6 Å². The molecule has 1 fully saturated rings. The summed E-state index contributed by atoms with van der Waals surface area (Å²) in [6, 6.07) is 2.20. The summed E-state index contributed by atoms with van der Waals surface area (Å²) in [6.07, 6.45) is -0.00191. The van der Waals surface area contributed by atoms with Crippen LogP contribution in [-0.4, -0.2) is 75.2 Å². The summed E-state index contributed by atoms with van der Waals surface area (Å²) in [5, 5.41) is 37.5. The van der Waals surface area contributed by atoms with Gasteiger partial charge in [-0.3, -0.25) is 9.59 Å². The predicted octanol–water partition coefficient (Wildman–Crippen LogP) is -0.608. The highest BCUT2D eigenvalue weighted by atomic mass is 16.5. The van der Waals surface area contributed by atoms with Gasteiger partial charge in [0.15, 0.2) is 0 Å². The van der Waals surface area contributed by atoms with Crippen molar-refractivity contribution in [1.29, 1.82) is 0 Å². The van der Waals surface area contributed by atoms with Crippen LogP contribution in [0.5, 0.6) is 11.5 Å². The number of ketones is 1. The largest absolute Gasteiger partial charge is 0.507 e. The molecular weight excluding hydrogens is 383 g/mol. The molecule has 2 rings (SSSR count). The van der Waals surface area contributed by atoms with Crippen LogP contribution >= 0.6 is 0 Å². The second-order valence-electron chi connectivity index (χ2n) is 7.07. The summed E-state index contributed by atoms with van der Waals surface area (Å²) in [7, 11) is -1.57. The van der Waals surface area contributed by atoms with Crippen LogP contribution in [0.15, 0.2) is 12.1 Å². The molecule has 0 spiro atoms. The lowest BCUT2D eigenvalue weighted by Crippen LogP contribution is -2.56. The van der Waals surface area contributed by atoms with Gasteiger partial charge in [0.1, 0.15) is 28.9 Å². The first kappa shape index (κ1) is 22.7. The van der Waals surface area contributed by atoms with E-state index in [4.69, 9.17) is 20.5 Å². The molecule has 10 nitrogen and oxygen atoms in total. The number of aromatic carboxylic acids is 1. The van der Waals surface area contributed by atoms with E-state index in [9.17, 15) is 24.6 Å². The number of likely N-dealkylation sites (tertiary alicyclic amines) is 1. The van der Waals surface area contributed by atoms with Gasteiger partial charge in [0, 0.05) is 6.42 Å². The Morgan fingerprint density at radius 1 is 1.31 bits per heavy atom. The van der Waals surface area contributed by atoms with Crippen LogP contribution in [0.2, 0.25) is 6.32 Å². The lowest BCUT2D eigenvalue weighted by molar-refractivity contribution is -0.140. The lowest BCUT2D eigenvalue weighted by Gasteiger charge is -2.39. The maximum atomic E-state index is 12.1. The van der Waals surface area contributed by atoms with E-state index >= 15 is 0 Å². The van der Waals surface area contributed by atoms with E-state index in [-0.39, 0.29) is 61.7 Å². The van der Waals surface area contributed by atoms with Crippen LogP contribution in [-0.2, 0) is 16.0 Å². The highest BCUT2D eigenvalue weighted by Crippen LogP contribution is 2.34. The first-order valence-electron chi connectivity index (χ1n) is 9.24. The SMILES string of the molecule is CC(=O)[C@H](N)CCC(=O)N1CC(Oc2ccc(CCB(O)O)c(O)c2C(=O)O)C1. The third kappa shape index (κ3) is 5.92. The standard InChI is InChI=1S/C18H25BN2O8/c1-10(22)13(20)3-5-15(23)21-8-12(9-21)29-14-4-2-11(6-7-19(27)28)17(24)16(14)18(25)26/h2,4,12-13,24,27-28H,3,5-9,20H2,1H3,(H,25,26)/t13-/m1/s1. The van der Waals surface area contributed by atoms with Gasteiger partial charge in [0.2, 0.25) is 5.91 Å². The number of carbonyl (C=O) groups is 3. The smallest absolute Gasteiger partial charge is 0.451 e. The van der Waals surface area contributed by atoms with Crippen LogP contribution in [0.1, 0.15) is 35.7 Å². The Hall–Kier alpha value is -2.63. The van der Waals surface area contributed by atoms with Gasteiger partial charge in [-0.15, -0.1) is 0 Å². The number of carbonyl (C=O) groups excluding carboxylic acids is 2. The molecule has 1 amide bonds. The highest BCUT2D eigenvalue weighted by Gasteiger charge is 2.33. The number of rotatable bonds is 10. The minimum Gasteiger partial charge on any atom is -0.507 e. The summed E-state index contributed by atoms with van der Waals surface area (Å²) < 4.78 is 5.64. The third-order valence-electron chi connectivity index (χ3n) is 4.79. The lowest BCUT2D eigenvalue weighted by atomic mass is 9.82. The highest BCUT2D eigenvalue weighted by molar-refractivity contribution is 6.41. The average molecular weight is 408 g/mol. The fourth-order valence-corrected chi connectivity index (χ4v) is 2.94. The van der Waals surface area contributed by atoms with Crippen LogP contribution < -0.4 is 10.5 Å². The Bertz CT molecular complexity index is 779. The number of amides is 1. The van der Waals surface area contributed by atoms with Crippen LogP contribution in [0.4, 0.5) is 0 Å². The maximum Gasteiger partial charge on any atom is 0.451 e. The third-order valence-corrected chi connectivity index (χ3v) is 4.79. The molecule has 158 valence electrons. The number of phenols is 1. The minimum absolute atomic E-state index is 0.0287. The van der Waals surface area contributed by atoms with Crippen molar-refractivity contribution in [2.45, 2.75) is 44.7 Å². The normalized spacial score (nSPS) is 14.8. The number of hydrogen-bond donors (Lipinski definition) is 5. The number of Topliss-reactive ketones (excluding diaryl/α,β-unsaturated/α-hetero) is 1. The Labute approximate surface area is 168 Å². The van der Waals surface area contributed by atoms with Crippen LogP contribution in [0, 0.1) is 0 Å². The fourth-order valence-electron chi connectivity index (χ4n) is 2.94. The Kier molecular flexibility index (Phi) is 7.60. The molecule has 29 heavy (non-hydrogen) atoms. The number of carboxylic acid groups (broad SMARTS) is 1. The zero-order chi connectivity index (χ0) is 21.7. The summed E-state index contributed by atoms with van der Waals surface area (Å²) >= 11 is 0. The minimum atomic E-state index is -1.57. The van der Waals surface area contributed by atoms with E-state index in [0.717, 1.165) is 0 Å². The van der Waals surface area contributed by atoms with Crippen molar-refractivity contribution in [2.24, 2.45) is 5.73 Å². The molecule has 11 heteroatoms. The molecule has 6 N–H and O–H groups in total. The molecule has 1 heterocycles. The second-order valence-corrected chi connectivity index (χ2v) is 7.07.